The van der Waals surface area contributed by atoms with Crippen LogP contribution in [-0.2, 0) is 0 Å². The molecule has 0 amide bonds. The summed E-state index contributed by atoms with van der Waals surface area (Å²) < 4.78 is 1.83. The molecule has 1 nitrogen and oxygen atoms in total. The summed E-state index contributed by atoms with van der Waals surface area (Å²) >= 11 is 6.05. The van der Waals surface area contributed by atoms with Crippen molar-refractivity contribution in [1.82, 2.24) is 4.42 Å². The highest BCUT2D eigenvalue weighted by atomic mass is 35.5. The van der Waals surface area contributed by atoms with Crippen LogP contribution in [0.1, 0.15) is 33.6 Å². The Hall–Kier alpha value is -0.0100. The van der Waals surface area contributed by atoms with E-state index in [9.17, 15) is 0 Å². The molecule has 0 saturated heterocycles. The van der Waals surface area contributed by atoms with Gasteiger partial charge < -0.3 is 0 Å². The van der Waals surface area contributed by atoms with E-state index in [4.69, 9.17) is 11.8 Å². The van der Waals surface area contributed by atoms with E-state index < -0.39 is 0 Å². The second-order valence-corrected chi connectivity index (χ2v) is 3.10. The van der Waals surface area contributed by atoms with Gasteiger partial charge in [-0.2, -0.15) is 0 Å². The summed E-state index contributed by atoms with van der Waals surface area (Å²) in [4.78, 5) is 0. The zero-order valence-corrected chi connectivity index (χ0v) is 8.49. The first-order valence-electron chi connectivity index (χ1n) is 4.23. The monoisotopic (exact) mass is 175 g/mol. The summed E-state index contributed by atoms with van der Waals surface area (Å²) in [7, 11) is 0. The minimum Gasteiger partial charge on any atom is -0.211 e. The molecule has 0 bridgehead atoms. The maximum atomic E-state index is 6.05. The minimum absolute atomic E-state index is 0.00367. The zero-order valence-electron chi connectivity index (χ0n) is 7.73. The summed E-state index contributed by atoms with van der Waals surface area (Å²) in [6.45, 7) is 11.0. The van der Waals surface area contributed by atoms with Gasteiger partial charge in [-0.25, -0.2) is 4.42 Å². The number of hydrogen-bond acceptors (Lipinski definition) is 1. The van der Waals surface area contributed by atoms with Gasteiger partial charge in [0.05, 0.1) is 5.54 Å². The van der Waals surface area contributed by atoms with Gasteiger partial charge in [-0.05, 0) is 24.6 Å². The van der Waals surface area contributed by atoms with Crippen LogP contribution in [0.4, 0.5) is 0 Å². The molecule has 0 aromatic heterocycles. The second kappa shape index (κ2) is 4.78. The van der Waals surface area contributed by atoms with E-state index >= 15 is 0 Å². The second-order valence-electron chi connectivity index (χ2n) is 2.69. The first-order chi connectivity index (χ1) is 5.16. The van der Waals surface area contributed by atoms with Crippen LogP contribution in [0, 0.1) is 0 Å². The van der Waals surface area contributed by atoms with Gasteiger partial charge in [0.2, 0.25) is 0 Å². The first-order valence-corrected chi connectivity index (χ1v) is 4.57. The van der Waals surface area contributed by atoms with Gasteiger partial charge in [-0.15, -0.1) is 6.58 Å². The van der Waals surface area contributed by atoms with E-state index in [0.29, 0.717) is 0 Å². The third-order valence-electron chi connectivity index (χ3n) is 2.37. The van der Waals surface area contributed by atoms with Crippen LogP contribution >= 0.6 is 11.8 Å². The molecule has 11 heavy (non-hydrogen) atoms. The highest BCUT2D eigenvalue weighted by Crippen LogP contribution is 2.26. The number of nitrogens with zero attached hydrogens (tertiary/aromatic N) is 1. The van der Waals surface area contributed by atoms with E-state index in [1.807, 2.05) is 10.5 Å². The maximum absolute atomic E-state index is 6.05. The molecule has 0 unspecified atom stereocenters. The molecule has 0 rings (SSSR count). The Bertz CT molecular complexity index is 119. The number of hydrogen-bond donors (Lipinski definition) is 0. The van der Waals surface area contributed by atoms with E-state index in [1.165, 1.54) is 0 Å². The van der Waals surface area contributed by atoms with Crippen molar-refractivity contribution in [2.75, 3.05) is 6.54 Å². The van der Waals surface area contributed by atoms with Gasteiger partial charge in [0.15, 0.2) is 0 Å². The van der Waals surface area contributed by atoms with Crippen LogP contribution in [0.5, 0.6) is 0 Å². The van der Waals surface area contributed by atoms with Gasteiger partial charge >= 0.3 is 0 Å². The fraction of sp³-hybridized carbons (Fsp3) is 0.778. The molecular formula is C9H18ClN. The van der Waals surface area contributed by atoms with Crippen molar-refractivity contribution in [3.63, 3.8) is 0 Å². The highest BCUT2D eigenvalue weighted by molar-refractivity contribution is 6.14. The standard InChI is InChI=1S/C9H18ClN/c1-5-9(6-2,7-3)11(10)8-4/h5H,1,6-8H2,2-4H3. The lowest BCUT2D eigenvalue weighted by Crippen LogP contribution is -2.39. The summed E-state index contributed by atoms with van der Waals surface area (Å²) in [6, 6.07) is 0. The molecule has 0 aliphatic heterocycles. The van der Waals surface area contributed by atoms with Gasteiger partial charge in [0, 0.05) is 6.54 Å². The Morgan fingerprint density at radius 3 is 1.91 bits per heavy atom. The third kappa shape index (κ3) is 2.21. The predicted octanol–water partition coefficient (Wildman–Crippen LogP) is 3.21. The molecule has 66 valence electrons. The molecule has 0 fully saturated rings. The third-order valence-corrected chi connectivity index (χ3v) is 2.94. The van der Waals surface area contributed by atoms with Crippen LogP contribution in [0.15, 0.2) is 12.7 Å². The molecule has 0 spiro atoms. The largest absolute Gasteiger partial charge is 0.211 e. The quantitative estimate of drug-likeness (QED) is 0.458. The van der Waals surface area contributed by atoms with Gasteiger partial charge in [-0.3, -0.25) is 0 Å². The summed E-state index contributed by atoms with van der Waals surface area (Å²) in [5.41, 5.74) is -0.00367. The predicted molar refractivity (Wildman–Crippen MR) is 51.7 cm³/mol. The van der Waals surface area contributed by atoms with Gasteiger partial charge in [-0.1, -0.05) is 26.8 Å². The Morgan fingerprint density at radius 2 is 1.82 bits per heavy atom. The Kier molecular flexibility index (Phi) is 4.78. The zero-order chi connectivity index (χ0) is 8.91. The summed E-state index contributed by atoms with van der Waals surface area (Å²) in [6.07, 6.45) is 3.98. The van der Waals surface area contributed by atoms with Crippen molar-refractivity contribution in [3.8, 4) is 0 Å². The Balaban J connectivity index is 4.38. The fourth-order valence-electron chi connectivity index (χ4n) is 1.30. The molecule has 0 saturated carbocycles. The summed E-state index contributed by atoms with van der Waals surface area (Å²) in [5.74, 6) is 0. The van der Waals surface area contributed by atoms with Crippen LogP contribution < -0.4 is 0 Å². The molecule has 0 aromatic carbocycles. The molecule has 0 aliphatic carbocycles. The van der Waals surface area contributed by atoms with Crippen molar-refractivity contribution in [3.05, 3.63) is 12.7 Å². The van der Waals surface area contributed by atoms with Crippen molar-refractivity contribution < 1.29 is 0 Å². The lowest BCUT2D eigenvalue weighted by Gasteiger charge is -2.34. The number of likely N-dealkylation sites (N-methyl/N-ethyl adjacent to an activating group) is 1. The average molecular weight is 176 g/mol. The number of halogens is 1. The van der Waals surface area contributed by atoms with E-state index in [1.54, 1.807) is 0 Å². The molecule has 0 heterocycles. The van der Waals surface area contributed by atoms with Crippen molar-refractivity contribution >= 4 is 11.8 Å². The van der Waals surface area contributed by atoms with E-state index in [-0.39, 0.29) is 5.54 Å². The van der Waals surface area contributed by atoms with Crippen molar-refractivity contribution in [2.24, 2.45) is 0 Å². The molecule has 0 N–H and O–H groups in total. The van der Waals surface area contributed by atoms with Gasteiger partial charge in [0.25, 0.3) is 0 Å². The van der Waals surface area contributed by atoms with Crippen molar-refractivity contribution in [1.29, 1.82) is 0 Å². The lowest BCUT2D eigenvalue weighted by molar-refractivity contribution is 0.243. The summed E-state index contributed by atoms with van der Waals surface area (Å²) in [5, 5.41) is 0. The molecular weight excluding hydrogens is 158 g/mol. The fourth-order valence-corrected chi connectivity index (χ4v) is 1.60. The molecule has 0 aromatic rings. The maximum Gasteiger partial charge on any atom is 0.0533 e. The SMILES string of the molecule is C=CC(CC)(CC)N(Cl)CC. The van der Waals surface area contributed by atoms with Crippen LogP contribution in [0.3, 0.4) is 0 Å². The molecule has 2 heteroatoms. The van der Waals surface area contributed by atoms with Crippen molar-refractivity contribution in [2.45, 2.75) is 39.2 Å². The smallest absolute Gasteiger partial charge is 0.0533 e. The van der Waals surface area contributed by atoms with Gasteiger partial charge in [0.1, 0.15) is 0 Å². The van der Waals surface area contributed by atoms with E-state index in [0.717, 1.165) is 19.4 Å². The molecule has 0 atom stereocenters. The van der Waals surface area contributed by atoms with Crippen LogP contribution in [0.25, 0.3) is 0 Å². The normalized spacial score (nSPS) is 12.1. The Morgan fingerprint density at radius 1 is 1.36 bits per heavy atom. The Labute approximate surface area is 75.1 Å². The lowest BCUT2D eigenvalue weighted by atomic mass is 9.93. The highest BCUT2D eigenvalue weighted by Gasteiger charge is 2.27. The molecule has 0 aliphatic rings. The number of rotatable bonds is 5. The van der Waals surface area contributed by atoms with Crippen LogP contribution in [-0.4, -0.2) is 16.5 Å². The first kappa shape index (κ1) is 11.0. The van der Waals surface area contributed by atoms with Crippen LogP contribution in [0.2, 0.25) is 0 Å². The molecule has 0 radical (unpaired) electrons. The average Bonchev–Trinajstić information content (AvgIpc) is 2.08. The van der Waals surface area contributed by atoms with E-state index in [2.05, 4.69) is 27.4 Å². The topological polar surface area (TPSA) is 3.24 Å². The minimum atomic E-state index is -0.00367.